The summed E-state index contributed by atoms with van der Waals surface area (Å²) in [6.45, 7) is 7.15. The number of ether oxygens (including phenoxy) is 1. The minimum Gasteiger partial charge on any atom is -0.392 e. The lowest BCUT2D eigenvalue weighted by Crippen LogP contribution is -2.64. The Morgan fingerprint density at radius 2 is 2.00 bits per heavy atom. The molecule has 0 aromatic carbocycles. The molecular weight excluding hydrogens is 315 g/mol. The van der Waals surface area contributed by atoms with Crippen molar-refractivity contribution >= 4 is 30.9 Å². The van der Waals surface area contributed by atoms with Gasteiger partial charge in [0.25, 0.3) is 0 Å². The van der Waals surface area contributed by atoms with Crippen LogP contribution in [0.15, 0.2) is 11.1 Å². The van der Waals surface area contributed by atoms with Gasteiger partial charge in [0.2, 0.25) is 7.37 Å². The molecule has 7 heteroatoms. The second-order valence-corrected chi connectivity index (χ2v) is 9.59. The minimum absolute atomic E-state index is 0.155. The van der Waals surface area contributed by atoms with Crippen molar-refractivity contribution in [3.8, 4) is 0 Å². The molecule has 0 amide bonds. The van der Waals surface area contributed by atoms with Gasteiger partial charge in [0.05, 0.1) is 23.1 Å². The van der Waals surface area contributed by atoms with Gasteiger partial charge in [0.15, 0.2) is 0 Å². The number of fused-ring (bicyclic) bond motifs is 1. The van der Waals surface area contributed by atoms with Gasteiger partial charge in [-0.3, -0.25) is 14.2 Å². The molecule has 3 heterocycles. The molecule has 116 valence electrons. The number of carbonyl (C=O) groups is 2. The molecule has 0 aromatic heterocycles. The van der Waals surface area contributed by atoms with Crippen LogP contribution in [0.4, 0.5) is 0 Å². The Morgan fingerprint density at radius 3 is 2.57 bits per heavy atom. The summed E-state index contributed by atoms with van der Waals surface area (Å²) >= 11 is 6.38. The topological polar surface area (TPSA) is 69.7 Å². The zero-order valence-electron chi connectivity index (χ0n) is 12.4. The van der Waals surface area contributed by atoms with E-state index >= 15 is 0 Å². The molecule has 0 aromatic rings. The molecular formula is C14H18ClO5P. The van der Waals surface area contributed by atoms with Gasteiger partial charge in [-0.25, -0.2) is 0 Å². The molecule has 3 aliphatic heterocycles. The van der Waals surface area contributed by atoms with Gasteiger partial charge in [-0.15, -0.1) is 0 Å². The lowest BCUT2D eigenvalue weighted by molar-refractivity contribution is -0.156. The van der Waals surface area contributed by atoms with Crippen LogP contribution in [-0.2, 0) is 23.4 Å². The van der Waals surface area contributed by atoms with E-state index in [2.05, 4.69) is 0 Å². The minimum atomic E-state index is -3.13. The summed E-state index contributed by atoms with van der Waals surface area (Å²) in [6.07, 6.45) is 1.80. The molecule has 2 bridgehead atoms. The standard InChI is InChI=1S/C14H18ClO5P/c1-5-19-21(18)7-12(2)8(15)6-9(21)13(3)10(16)20-11(17)14(12,13)4/h6,9H,5,7H2,1-4H3. The predicted octanol–water partition coefficient (Wildman–Crippen LogP) is 2.92. The van der Waals surface area contributed by atoms with Crippen LogP contribution in [0.1, 0.15) is 27.7 Å². The lowest BCUT2D eigenvalue weighted by atomic mass is 9.50. The Kier molecular flexibility index (Phi) is 2.91. The van der Waals surface area contributed by atoms with E-state index in [1.807, 2.05) is 0 Å². The largest absolute Gasteiger partial charge is 0.392 e. The highest BCUT2D eigenvalue weighted by Gasteiger charge is 2.81. The van der Waals surface area contributed by atoms with Crippen LogP contribution < -0.4 is 0 Å². The van der Waals surface area contributed by atoms with Crippen LogP contribution >= 0.6 is 19.0 Å². The van der Waals surface area contributed by atoms with E-state index in [0.717, 1.165) is 0 Å². The van der Waals surface area contributed by atoms with Gasteiger partial charge in [0, 0.05) is 16.6 Å². The zero-order valence-corrected chi connectivity index (χ0v) is 14.1. The van der Waals surface area contributed by atoms with E-state index in [0.29, 0.717) is 5.03 Å². The van der Waals surface area contributed by atoms with Crippen molar-refractivity contribution in [2.75, 3.05) is 12.8 Å². The highest BCUT2D eigenvalue weighted by atomic mass is 35.5. The molecule has 5 nitrogen and oxygen atoms in total. The van der Waals surface area contributed by atoms with Gasteiger partial charge < -0.3 is 9.26 Å². The number of rotatable bonds is 2. The third-order valence-corrected chi connectivity index (χ3v) is 9.72. The van der Waals surface area contributed by atoms with Crippen LogP contribution in [0.3, 0.4) is 0 Å². The van der Waals surface area contributed by atoms with Crippen molar-refractivity contribution in [3.63, 3.8) is 0 Å². The molecule has 0 spiro atoms. The third-order valence-electron chi connectivity index (χ3n) is 5.89. The number of carbonyl (C=O) groups excluding carboxylic acids is 2. The fraction of sp³-hybridized carbons (Fsp3) is 0.714. The molecule has 0 N–H and O–H groups in total. The molecule has 4 rings (SSSR count). The number of cyclic esters (lactones) is 2. The van der Waals surface area contributed by atoms with Crippen molar-refractivity contribution in [2.24, 2.45) is 16.2 Å². The first-order valence-electron chi connectivity index (χ1n) is 6.96. The maximum absolute atomic E-state index is 13.3. The molecule has 21 heavy (non-hydrogen) atoms. The fourth-order valence-electron chi connectivity index (χ4n) is 4.28. The molecule has 5 unspecified atom stereocenters. The van der Waals surface area contributed by atoms with Crippen LogP contribution in [0.25, 0.3) is 0 Å². The maximum atomic E-state index is 13.3. The van der Waals surface area contributed by atoms with E-state index in [-0.39, 0.29) is 12.8 Å². The van der Waals surface area contributed by atoms with Crippen LogP contribution in [-0.4, -0.2) is 30.4 Å². The second kappa shape index (κ2) is 4.01. The van der Waals surface area contributed by atoms with Gasteiger partial charge >= 0.3 is 11.9 Å². The van der Waals surface area contributed by atoms with Gasteiger partial charge in [-0.05, 0) is 20.8 Å². The lowest BCUT2D eigenvalue weighted by Gasteiger charge is -2.60. The zero-order chi connectivity index (χ0) is 15.8. The summed E-state index contributed by atoms with van der Waals surface area (Å²) < 4.78 is 23.8. The summed E-state index contributed by atoms with van der Waals surface area (Å²) in [5, 5.41) is 0.463. The molecule has 4 aliphatic rings. The van der Waals surface area contributed by atoms with E-state index in [1.54, 1.807) is 33.8 Å². The number of halogens is 1. The first kappa shape index (κ1) is 15.3. The molecule has 0 radical (unpaired) electrons. The average molecular weight is 333 g/mol. The predicted molar refractivity (Wildman–Crippen MR) is 77.2 cm³/mol. The Bertz CT molecular complexity index is 643. The van der Waals surface area contributed by atoms with Gasteiger partial charge in [0.1, 0.15) is 0 Å². The maximum Gasteiger partial charge on any atom is 0.321 e. The van der Waals surface area contributed by atoms with Crippen LogP contribution in [0, 0.1) is 16.2 Å². The average Bonchev–Trinajstić information content (AvgIpc) is 2.56. The Hall–Kier alpha value is -0.640. The molecule has 2 fully saturated rings. The second-order valence-electron chi connectivity index (χ2n) is 6.60. The van der Waals surface area contributed by atoms with E-state index in [4.69, 9.17) is 20.9 Å². The molecule has 0 saturated carbocycles. The normalized spacial score (nSPS) is 51.7. The number of hydrogen-bond donors (Lipinski definition) is 0. The third kappa shape index (κ3) is 1.37. The smallest absolute Gasteiger partial charge is 0.321 e. The SMILES string of the molecule is CCOP1(=O)CC2(C)C(Cl)=CC1C1(C)C(=O)OC(=O)C21C. The van der Waals surface area contributed by atoms with Crippen molar-refractivity contribution in [1.29, 1.82) is 0 Å². The number of allylic oxidation sites excluding steroid dienone is 2. The molecule has 1 aliphatic carbocycles. The van der Waals surface area contributed by atoms with Crippen molar-refractivity contribution in [3.05, 3.63) is 11.1 Å². The van der Waals surface area contributed by atoms with Crippen LogP contribution in [0.5, 0.6) is 0 Å². The fourth-order valence-corrected chi connectivity index (χ4v) is 8.62. The van der Waals surface area contributed by atoms with Crippen molar-refractivity contribution in [1.82, 2.24) is 0 Å². The highest BCUT2D eigenvalue weighted by Crippen LogP contribution is 2.80. The Labute approximate surface area is 128 Å². The summed E-state index contributed by atoms with van der Waals surface area (Å²) in [6, 6.07) is 0. The summed E-state index contributed by atoms with van der Waals surface area (Å²) in [4.78, 5) is 24.8. The first-order valence-corrected chi connectivity index (χ1v) is 9.21. The van der Waals surface area contributed by atoms with E-state index < -0.39 is 41.2 Å². The number of hydrogen-bond acceptors (Lipinski definition) is 5. The molecule has 5 atom stereocenters. The Morgan fingerprint density at radius 1 is 1.38 bits per heavy atom. The summed E-state index contributed by atoms with van der Waals surface area (Å²) in [5.74, 6) is -1.22. The quantitative estimate of drug-likeness (QED) is 0.442. The monoisotopic (exact) mass is 332 g/mol. The van der Waals surface area contributed by atoms with Crippen molar-refractivity contribution in [2.45, 2.75) is 33.4 Å². The van der Waals surface area contributed by atoms with Crippen LogP contribution in [0.2, 0.25) is 0 Å². The summed E-state index contributed by atoms with van der Waals surface area (Å²) in [7, 11) is -3.13. The highest BCUT2D eigenvalue weighted by molar-refractivity contribution is 7.60. The first-order chi connectivity index (χ1) is 9.58. The van der Waals surface area contributed by atoms with E-state index in [1.165, 1.54) is 0 Å². The summed E-state index contributed by atoms with van der Waals surface area (Å²) in [5.41, 5.74) is -3.98. The van der Waals surface area contributed by atoms with Gasteiger partial charge in [-0.2, -0.15) is 0 Å². The molecule has 2 saturated heterocycles. The van der Waals surface area contributed by atoms with Gasteiger partial charge in [-0.1, -0.05) is 24.6 Å². The Balaban J connectivity index is 2.33. The van der Waals surface area contributed by atoms with Crippen molar-refractivity contribution < 1.29 is 23.4 Å². The number of esters is 2. The van der Waals surface area contributed by atoms with E-state index in [9.17, 15) is 14.2 Å².